The van der Waals surface area contributed by atoms with E-state index in [9.17, 15) is 4.79 Å². The normalized spacial score (nSPS) is 23.6. The molecule has 1 aliphatic heterocycles. The quantitative estimate of drug-likeness (QED) is 0.636. The molecule has 92 valence electrons. The van der Waals surface area contributed by atoms with E-state index < -0.39 is 12.2 Å². The molecule has 1 N–H and O–H groups in total. The van der Waals surface area contributed by atoms with Crippen LogP contribution in [0.4, 0.5) is 0 Å². The zero-order valence-electron chi connectivity index (χ0n) is 9.57. The first-order chi connectivity index (χ1) is 8.16. The van der Waals surface area contributed by atoms with Gasteiger partial charge in [0.2, 0.25) is 0 Å². The van der Waals surface area contributed by atoms with Gasteiger partial charge in [-0.05, 0) is 5.56 Å². The van der Waals surface area contributed by atoms with E-state index in [-0.39, 0.29) is 12.5 Å². The van der Waals surface area contributed by atoms with Crippen LogP contribution in [-0.2, 0) is 14.3 Å². The molecule has 0 radical (unpaired) electrons. The van der Waals surface area contributed by atoms with Gasteiger partial charge in [0.25, 0.3) is 5.91 Å². The lowest BCUT2D eigenvalue weighted by atomic mass is 10.1. The zero-order chi connectivity index (χ0) is 12.3. The first-order valence-electron chi connectivity index (χ1n) is 5.44. The Balaban J connectivity index is 1.90. The third-order valence-electron chi connectivity index (χ3n) is 2.62. The van der Waals surface area contributed by atoms with Gasteiger partial charge in [0.1, 0.15) is 6.10 Å². The summed E-state index contributed by atoms with van der Waals surface area (Å²) in [6.45, 7) is 0.428. The van der Waals surface area contributed by atoms with Crippen LogP contribution in [0.15, 0.2) is 30.3 Å². The minimum atomic E-state index is -0.581. The van der Waals surface area contributed by atoms with E-state index in [1.165, 1.54) is 7.05 Å². The van der Waals surface area contributed by atoms with Crippen molar-refractivity contribution in [2.75, 3.05) is 13.7 Å². The fourth-order valence-electron chi connectivity index (χ4n) is 1.68. The molecule has 1 saturated heterocycles. The molecule has 1 fully saturated rings. The Labute approximate surface area is 99.5 Å². The highest BCUT2D eigenvalue weighted by atomic mass is 16.7. The molecule has 1 heterocycles. The molecule has 2 atom stereocenters. The monoisotopic (exact) mass is 237 g/mol. The van der Waals surface area contributed by atoms with Crippen molar-refractivity contribution >= 4 is 5.91 Å². The van der Waals surface area contributed by atoms with Crippen LogP contribution in [0.3, 0.4) is 0 Å². The summed E-state index contributed by atoms with van der Waals surface area (Å²) < 4.78 is 10.9. The number of nitrogens with zero attached hydrogens (tertiary/aromatic N) is 1. The molecule has 5 nitrogen and oxygen atoms in total. The maximum absolute atomic E-state index is 11.3. The van der Waals surface area contributed by atoms with Crippen LogP contribution in [0.1, 0.15) is 18.1 Å². The lowest BCUT2D eigenvalue weighted by Crippen LogP contribution is -2.27. The van der Waals surface area contributed by atoms with Gasteiger partial charge >= 0.3 is 0 Å². The Morgan fingerprint density at radius 1 is 1.47 bits per heavy atom. The molecule has 1 aliphatic rings. The van der Waals surface area contributed by atoms with E-state index in [2.05, 4.69) is 0 Å². The van der Waals surface area contributed by atoms with Crippen LogP contribution in [0.2, 0.25) is 0 Å². The van der Waals surface area contributed by atoms with Gasteiger partial charge in [-0.15, -0.1) is 0 Å². The fourth-order valence-corrected chi connectivity index (χ4v) is 1.68. The highest BCUT2D eigenvalue weighted by molar-refractivity contribution is 5.74. The van der Waals surface area contributed by atoms with Crippen molar-refractivity contribution < 1.29 is 19.5 Å². The summed E-state index contributed by atoms with van der Waals surface area (Å²) in [5.41, 5.74) is 1.03. The number of hydrogen-bond donors (Lipinski definition) is 1. The number of carbonyl (C=O) groups is 1. The molecule has 0 aromatic heterocycles. The van der Waals surface area contributed by atoms with E-state index in [1.807, 2.05) is 30.3 Å². The van der Waals surface area contributed by atoms with Crippen molar-refractivity contribution in [3.05, 3.63) is 35.9 Å². The average Bonchev–Trinajstić information content (AvgIpc) is 2.78. The minimum Gasteiger partial charge on any atom is -0.349 e. The Morgan fingerprint density at radius 2 is 2.18 bits per heavy atom. The van der Waals surface area contributed by atoms with Gasteiger partial charge < -0.3 is 9.47 Å². The second-order valence-electron chi connectivity index (χ2n) is 3.92. The van der Waals surface area contributed by atoms with Gasteiger partial charge in [0.15, 0.2) is 6.29 Å². The van der Waals surface area contributed by atoms with Crippen molar-refractivity contribution in [2.24, 2.45) is 0 Å². The molecule has 17 heavy (non-hydrogen) atoms. The third kappa shape index (κ3) is 3.03. The third-order valence-corrected chi connectivity index (χ3v) is 2.62. The van der Waals surface area contributed by atoms with Crippen LogP contribution in [0, 0.1) is 0 Å². The SMILES string of the molecule is CN(O)C(=O)CC1OCC(c2ccccc2)O1. The van der Waals surface area contributed by atoms with Crippen molar-refractivity contribution in [3.63, 3.8) is 0 Å². The van der Waals surface area contributed by atoms with Crippen molar-refractivity contribution in [3.8, 4) is 0 Å². The fraction of sp³-hybridized carbons (Fsp3) is 0.417. The molecule has 0 aliphatic carbocycles. The van der Waals surface area contributed by atoms with Gasteiger partial charge in [-0.1, -0.05) is 30.3 Å². The molecular formula is C12H15NO4. The first kappa shape index (κ1) is 12.0. The molecule has 0 saturated carbocycles. The lowest BCUT2D eigenvalue weighted by molar-refractivity contribution is -0.167. The zero-order valence-corrected chi connectivity index (χ0v) is 9.57. The van der Waals surface area contributed by atoms with E-state index >= 15 is 0 Å². The van der Waals surface area contributed by atoms with Gasteiger partial charge in [-0.3, -0.25) is 10.0 Å². The maximum atomic E-state index is 11.3. The molecule has 1 amide bonds. The Morgan fingerprint density at radius 3 is 2.82 bits per heavy atom. The Bertz CT molecular complexity index is 379. The van der Waals surface area contributed by atoms with Crippen molar-refractivity contribution in [2.45, 2.75) is 18.8 Å². The lowest BCUT2D eigenvalue weighted by Gasteiger charge is -2.13. The first-order valence-corrected chi connectivity index (χ1v) is 5.44. The molecule has 1 aromatic carbocycles. The Hall–Kier alpha value is -1.43. The summed E-state index contributed by atoms with van der Waals surface area (Å²) in [7, 11) is 1.28. The molecule has 5 heteroatoms. The van der Waals surface area contributed by atoms with E-state index in [0.29, 0.717) is 11.7 Å². The predicted molar refractivity (Wildman–Crippen MR) is 59.2 cm³/mol. The van der Waals surface area contributed by atoms with Gasteiger partial charge in [0, 0.05) is 7.05 Å². The van der Waals surface area contributed by atoms with Crippen LogP contribution >= 0.6 is 0 Å². The number of carbonyl (C=O) groups excluding carboxylic acids is 1. The van der Waals surface area contributed by atoms with Crippen LogP contribution < -0.4 is 0 Å². The smallest absolute Gasteiger partial charge is 0.250 e. The summed E-state index contributed by atoms with van der Waals surface area (Å²) in [5.74, 6) is -0.427. The summed E-state index contributed by atoms with van der Waals surface area (Å²) >= 11 is 0. The average molecular weight is 237 g/mol. The molecule has 0 spiro atoms. The van der Waals surface area contributed by atoms with Gasteiger partial charge in [-0.25, -0.2) is 5.06 Å². The molecular weight excluding hydrogens is 222 g/mol. The number of ether oxygens (including phenoxy) is 2. The number of rotatable bonds is 3. The van der Waals surface area contributed by atoms with E-state index in [0.717, 1.165) is 5.56 Å². The summed E-state index contributed by atoms with van der Waals surface area (Å²) in [6, 6.07) is 9.70. The summed E-state index contributed by atoms with van der Waals surface area (Å²) in [4.78, 5) is 11.3. The van der Waals surface area contributed by atoms with Crippen molar-refractivity contribution in [1.29, 1.82) is 0 Å². The van der Waals surface area contributed by atoms with Crippen LogP contribution in [0.25, 0.3) is 0 Å². The standard InChI is InChI=1S/C12H15NO4/c1-13(15)11(14)7-12-16-8-10(17-12)9-5-3-2-4-6-9/h2-6,10,12,15H,7-8H2,1H3. The predicted octanol–water partition coefficient (Wildman–Crippen LogP) is 1.34. The summed E-state index contributed by atoms with van der Waals surface area (Å²) in [5, 5.41) is 9.48. The summed E-state index contributed by atoms with van der Waals surface area (Å²) in [6.07, 6.45) is -0.698. The van der Waals surface area contributed by atoms with Crippen LogP contribution in [0.5, 0.6) is 0 Å². The van der Waals surface area contributed by atoms with Gasteiger partial charge in [0.05, 0.1) is 13.0 Å². The highest BCUT2D eigenvalue weighted by Gasteiger charge is 2.29. The maximum Gasteiger partial charge on any atom is 0.250 e. The van der Waals surface area contributed by atoms with Crippen LogP contribution in [-0.4, -0.2) is 36.1 Å². The highest BCUT2D eigenvalue weighted by Crippen LogP contribution is 2.27. The second kappa shape index (κ2) is 5.27. The van der Waals surface area contributed by atoms with Crippen molar-refractivity contribution in [1.82, 2.24) is 5.06 Å². The number of benzene rings is 1. The largest absolute Gasteiger partial charge is 0.349 e. The minimum absolute atomic E-state index is 0.0241. The molecule has 0 bridgehead atoms. The van der Waals surface area contributed by atoms with E-state index in [4.69, 9.17) is 14.7 Å². The van der Waals surface area contributed by atoms with E-state index in [1.54, 1.807) is 0 Å². The molecule has 2 unspecified atom stereocenters. The topological polar surface area (TPSA) is 59.0 Å². The number of amides is 1. The number of hydrogen-bond acceptors (Lipinski definition) is 4. The molecule has 1 aromatic rings. The molecule has 2 rings (SSSR count). The van der Waals surface area contributed by atoms with Gasteiger partial charge in [-0.2, -0.15) is 0 Å². The Kier molecular flexibility index (Phi) is 3.73. The second-order valence-corrected chi connectivity index (χ2v) is 3.92. The number of hydroxylamine groups is 2.